The van der Waals surface area contributed by atoms with E-state index in [4.69, 9.17) is 9.68 Å². The predicted octanol–water partition coefficient (Wildman–Crippen LogP) is 1.50. The molecule has 0 aromatic carbocycles. The number of oxazole rings is 1. The van der Waals surface area contributed by atoms with Gasteiger partial charge < -0.3 is 9.73 Å². The number of hydrogen-bond acceptors (Lipinski definition) is 6. The molecule has 0 fully saturated rings. The Hall–Kier alpha value is -3.21. The van der Waals surface area contributed by atoms with Crippen molar-refractivity contribution in [3.05, 3.63) is 47.9 Å². The SMILES string of the molecule is CCC(NC(=O)c1ccncc1)c1nc(C(=O)N(C)C#N)co1. The zero-order chi connectivity index (χ0) is 16.8. The van der Waals surface area contributed by atoms with Crippen molar-refractivity contribution in [2.75, 3.05) is 7.05 Å². The highest BCUT2D eigenvalue weighted by Gasteiger charge is 2.22. The Balaban J connectivity index is 2.13. The van der Waals surface area contributed by atoms with Gasteiger partial charge in [0.2, 0.25) is 5.89 Å². The minimum absolute atomic E-state index is 0.0145. The molecule has 0 bridgehead atoms. The normalized spacial score (nSPS) is 11.3. The largest absolute Gasteiger partial charge is 0.446 e. The van der Waals surface area contributed by atoms with Crippen molar-refractivity contribution in [1.82, 2.24) is 20.2 Å². The molecular weight excluding hydrogens is 298 g/mol. The lowest BCUT2D eigenvalue weighted by molar-refractivity contribution is 0.0852. The van der Waals surface area contributed by atoms with Crippen LogP contribution in [0.1, 0.15) is 46.1 Å². The molecule has 23 heavy (non-hydrogen) atoms. The van der Waals surface area contributed by atoms with E-state index in [1.165, 1.54) is 25.7 Å². The van der Waals surface area contributed by atoms with Crippen LogP contribution in [0.2, 0.25) is 0 Å². The van der Waals surface area contributed by atoms with Crippen LogP contribution in [0.25, 0.3) is 0 Å². The van der Waals surface area contributed by atoms with Gasteiger partial charge in [0.1, 0.15) is 12.3 Å². The minimum atomic E-state index is -0.571. The number of carbonyl (C=O) groups is 2. The van der Waals surface area contributed by atoms with Crippen molar-refractivity contribution in [3.63, 3.8) is 0 Å². The van der Waals surface area contributed by atoms with Gasteiger partial charge in [0.15, 0.2) is 11.9 Å². The van der Waals surface area contributed by atoms with Crippen LogP contribution >= 0.6 is 0 Å². The first-order valence-electron chi connectivity index (χ1n) is 6.91. The first-order chi connectivity index (χ1) is 11.1. The molecule has 0 saturated carbocycles. The smallest absolute Gasteiger partial charge is 0.288 e. The minimum Gasteiger partial charge on any atom is -0.446 e. The second-order valence-corrected chi connectivity index (χ2v) is 4.71. The van der Waals surface area contributed by atoms with Gasteiger partial charge in [-0.2, -0.15) is 5.26 Å². The number of carbonyl (C=O) groups excluding carboxylic acids is 2. The monoisotopic (exact) mass is 313 g/mol. The standard InChI is InChI=1S/C15H15N5O3/c1-3-11(18-13(21)10-4-6-17-7-5-10)14-19-12(8-23-14)15(22)20(2)9-16/h4-8,11H,3H2,1-2H3,(H,18,21). The number of pyridine rings is 1. The topological polar surface area (TPSA) is 112 Å². The Kier molecular flexibility index (Phi) is 5.04. The van der Waals surface area contributed by atoms with Gasteiger partial charge in [-0.1, -0.05) is 6.92 Å². The molecule has 1 atom stereocenters. The second-order valence-electron chi connectivity index (χ2n) is 4.71. The van der Waals surface area contributed by atoms with Crippen molar-refractivity contribution in [2.24, 2.45) is 0 Å². The fraction of sp³-hybridized carbons (Fsp3) is 0.267. The van der Waals surface area contributed by atoms with Gasteiger partial charge in [-0.15, -0.1) is 0 Å². The van der Waals surface area contributed by atoms with Crippen LogP contribution in [0.5, 0.6) is 0 Å². The summed E-state index contributed by atoms with van der Waals surface area (Å²) in [6.07, 6.45) is 6.44. The maximum Gasteiger partial charge on any atom is 0.288 e. The van der Waals surface area contributed by atoms with Gasteiger partial charge in [-0.05, 0) is 18.6 Å². The molecule has 0 spiro atoms. The average molecular weight is 313 g/mol. The van der Waals surface area contributed by atoms with E-state index in [1.54, 1.807) is 18.3 Å². The second kappa shape index (κ2) is 7.17. The van der Waals surface area contributed by atoms with Crippen molar-refractivity contribution in [2.45, 2.75) is 19.4 Å². The summed E-state index contributed by atoms with van der Waals surface area (Å²) >= 11 is 0. The summed E-state index contributed by atoms with van der Waals surface area (Å²) in [6, 6.07) is 2.70. The number of nitrogens with one attached hydrogen (secondary N) is 1. The molecule has 2 amide bonds. The Morgan fingerprint density at radius 3 is 2.74 bits per heavy atom. The number of nitriles is 1. The zero-order valence-corrected chi connectivity index (χ0v) is 12.7. The lowest BCUT2D eigenvalue weighted by Crippen LogP contribution is -2.28. The average Bonchev–Trinajstić information content (AvgIpc) is 3.08. The fourth-order valence-electron chi connectivity index (χ4n) is 1.85. The van der Waals surface area contributed by atoms with E-state index < -0.39 is 11.9 Å². The molecule has 0 radical (unpaired) electrons. The molecule has 0 aliphatic rings. The van der Waals surface area contributed by atoms with Crippen molar-refractivity contribution < 1.29 is 14.0 Å². The summed E-state index contributed by atoms with van der Waals surface area (Å²) in [5.74, 6) is -0.651. The molecule has 0 saturated heterocycles. The van der Waals surface area contributed by atoms with Crippen molar-refractivity contribution >= 4 is 11.8 Å². The Morgan fingerprint density at radius 1 is 1.43 bits per heavy atom. The molecule has 2 rings (SSSR count). The van der Waals surface area contributed by atoms with Crippen LogP contribution in [0.15, 0.2) is 35.2 Å². The van der Waals surface area contributed by atoms with E-state index >= 15 is 0 Å². The van der Waals surface area contributed by atoms with Gasteiger partial charge in [0.05, 0.1) is 0 Å². The molecule has 2 aromatic rings. The maximum atomic E-state index is 12.2. The Labute approximate surface area is 132 Å². The van der Waals surface area contributed by atoms with Crippen LogP contribution in [-0.4, -0.2) is 33.7 Å². The van der Waals surface area contributed by atoms with Crippen molar-refractivity contribution in [3.8, 4) is 6.19 Å². The number of amides is 2. The lowest BCUT2D eigenvalue weighted by Gasteiger charge is -2.13. The number of aromatic nitrogens is 2. The van der Waals surface area contributed by atoms with Gasteiger partial charge >= 0.3 is 0 Å². The third-order valence-electron chi connectivity index (χ3n) is 3.15. The maximum absolute atomic E-state index is 12.2. The molecule has 8 heteroatoms. The van der Waals surface area contributed by atoms with Gasteiger partial charge in [-0.25, -0.2) is 9.88 Å². The molecule has 8 nitrogen and oxygen atoms in total. The summed E-state index contributed by atoms with van der Waals surface area (Å²) in [7, 11) is 1.33. The first kappa shape index (κ1) is 16.2. The lowest BCUT2D eigenvalue weighted by atomic mass is 10.2. The quantitative estimate of drug-likeness (QED) is 0.661. The molecule has 2 aromatic heterocycles. The van der Waals surface area contributed by atoms with Crippen molar-refractivity contribution in [1.29, 1.82) is 5.26 Å². The Morgan fingerprint density at radius 2 is 2.13 bits per heavy atom. The number of nitrogens with zero attached hydrogens (tertiary/aromatic N) is 4. The van der Waals surface area contributed by atoms with Crippen LogP contribution in [0, 0.1) is 11.5 Å². The van der Waals surface area contributed by atoms with Crippen LogP contribution in [0.3, 0.4) is 0 Å². The van der Waals surface area contributed by atoms with E-state index in [9.17, 15) is 9.59 Å². The molecule has 0 aliphatic carbocycles. The van der Waals surface area contributed by atoms with Gasteiger partial charge in [0.25, 0.3) is 11.8 Å². The summed E-state index contributed by atoms with van der Waals surface area (Å²) < 4.78 is 5.28. The molecular formula is C15H15N5O3. The first-order valence-corrected chi connectivity index (χ1v) is 6.91. The summed E-state index contributed by atoms with van der Waals surface area (Å²) in [5.41, 5.74) is 0.478. The van der Waals surface area contributed by atoms with Gasteiger partial charge in [0, 0.05) is 25.0 Å². The molecule has 2 heterocycles. The highest BCUT2D eigenvalue weighted by molar-refractivity contribution is 5.94. The zero-order valence-electron chi connectivity index (χ0n) is 12.7. The summed E-state index contributed by atoms with van der Waals surface area (Å²) in [4.78, 5) is 32.7. The summed E-state index contributed by atoms with van der Waals surface area (Å²) in [5, 5.41) is 11.5. The third kappa shape index (κ3) is 3.71. The van der Waals surface area contributed by atoms with E-state index in [1.807, 2.05) is 6.92 Å². The number of rotatable bonds is 5. The molecule has 1 unspecified atom stereocenters. The molecule has 118 valence electrons. The fourth-order valence-corrected chi connectivity index (χ4v) is 1.85. The van der Waals surface area contributed by atoms with Crippen LogP contribution < -0.4 is 5.32 Å². The van der Waals surface area contributed by atoms with Gasteiger partial charge in [-0.3, -0.25) is 14.6 Å². The third-order valence-corrected chi connectivity index (χ3v) is 3.15. The number of hydrogen-bond donors (Lipinski definition) is 1. The highest BCUT2D eigenvalue weighted by atomic mass is 16.3. The highest BCUT2D eigenvalue weighted by Crippen LogP contribution is 2.17. The van der Waals surface area contributed by atoms with E-state index in [-0.39, 0.29) is 17.5 Å². The van der Waals surface area contributed by atoms with Crippen LogP contribution in [-0.2, 0) is 0 Å². The summed E-state index contributed by atoms with van der Waals surface area (Å²) in [6.45, 7) is 1.85. The van der Waals surface area contributed by atoms with E-state index in [2.05, 4.69) is 15.3 Å². The molecule has 0 aliphatic heterocycles. The Bertz CT molecular complexity index is 735. The van der Waals surface area contributed by atoms with E-state index in [0.717, 1.165) is 4.90 Å². The van der Waals surface area contributed by atoms with Crippen LogP contribution in [0.4, 0.5) is 0 Å². The van der Waals surface area contributed by atoms with E-state index in [0.29, 0.717) is 12.0 Å². The predicted molar refractivity (Wildman–Crippen MR) is 78.9 cm³/mol. The molecule has 1 N–H and O–H groups in total.